The van der Waals surface area contributed by atoms with Crippen LogP contribution in [0.25, 0.3) is 11.3 Å². The first-order valence-electron chi connectivity index (χ1n) is 11.8. The van der Waals surface area contributed by atoms with E-state index in [0.29, 0.717) is 36.0 Å². The Kier molecular flexibility index (Phi) is 8.67. The van der Waals surface area contributed by atoms with Gasteiger partial charge in [-0.15, -0.1) is 0 Å². The number of nitrogens with one attached hydrogen (secondary N) is 2. The minimum Gasteiger partial charge on any atom is -0.493 e. The van der Waals surface area contributed by atoms with E-state index in [1.807, 2.05) is 39.5 Å². The highest BCUT2D eigenvalue weighted by atomic mass is 32.2. The highest BCUT2D eigenvalue weighted by Crippen LogP contribution is 2.30. The number of H-pyrrole nitrogens is 1. The molecule has 1 amide bonds. The summed E-state index contributed by atoms with van der Waals surface area (Å²) < 4.78 is 47.4. The average Bonchev–Trinajstić information content (AvgIpc) is 3.38. The fraction of sp³-hybridized carbons (Fsp3) is 0.400. The molecule has 2 aromatic heterocycles. The van der Waals surface area contributed by atoms with Crippen LogP contribution in [0.4, 0.5) is 10.2 Å². The Morgan fingerprint density at radius 2 is 1.92 bits per heavy atom. The standard InChI is InChI=1S/C25H32FN5O4S/c1-6-17(5)31(7-2)24-21(25(32)30-36(33,34)23-10-11-27-29-23)8-9-22(28-24)18-12-19(26)14-20(13-18)35-15-16(3)4/h8-14,16-17H,6-7,15H2,1-5H3,(H,27,29)(H,30,32)/t17-/m0/s1. The van der Waals surface area contributed by atoms with Crippen molar-refractivity contribution in [3.8, 4) is 17.0 Å². The Morgan fingerprint density at radius 1 is 1.17 bits per heavy atom. The molecule has 0 aliphatic carbocycles. The lowest BCUT2D eigenvalue weighted by atomic mass is 10.1. The van der Waals surface area contributed by atoms with Gasteiger partial charge >= 0.3 is 0 Å². The Labute approximate surface area is 211 Å². The van der Waals surface area contributed by atoms with Gasteiger partial charge in [0.25, 0.3) is 15.9 Å². The summed E-state index contributed by atoms with van der Waals surface area (Å²) in [5, 5.41) is 5.74. The summed E-state index contributed by atoms with van der Waals surface area (Å²) in [6, 6.07) is 8.67. The molecule has 0 aliphatic rings. The largest absolute Gasteiger partial charge is 0.493 e. The number of amides is 1. The van der Waals surface area contributed by atoms with Gasteiger partial charge < -0.3 is 9.64 Å². The SMILES string of the molecule is CC[C@H](C)N(CC)c1nc(-c2cc(F)cc(OCC(C)C)c2)ccc1C(=O)NS(=O)(=O)c1ccn[nH]1. The van der Waals surface area contributed by atoms with Crippen LogP contribution >= 0.6 is 0 Å². The number of anilines is 1. The van der Waals surface area contributed by atoms with E-state index in [1.165, 1.54) is 30.5 Å². The molecule has 2 N–H and O–H groups in total. The Bertz CT molecular complexity index is 1300. The zero-order valence-corrected chi connectivity index (χ0v) is 21.9. The molecule has 2 heterocycles. The van der Waals surface area contributed by atoms with E-state index >= 15 is 0 Å². The van der Waals surface area contributed by atoms with Gasteiger partial charge in [-0.1, -0.05) is 20.8 Å². The molecule has 3 rings (SSSR count). The molecule has 0 saturated carbocycles. The second-order valence-corrected chi connectivity index (χ2v) is 10.5. The number of sulfonamides is 1. The maximum Gasteiger partial charge on any atom is 0.281 e. The molecule has 1 atom stereocenters. The fourth-order valence-corrected chi connectivity index (χ4v) is 4.45. The normalized spacial score (nSPS) is 12.4. The minimum absolute atomic E-state index is 0.00552. The summed E-state index contributed by atoms with van der Waals surface area (Å²) in [4.78, 5) is 19.8. The van der Waals surface area contributed by atoms with Gasteiger partial charge in [-0.25, -0.2) is 14.1 Å². The van der Waals surface area contributed by atoms with Crippen LogP contribution < -0.4 is 14.4 Å². The third-order valence-electron chi connectivity index (χ3n) is 5.60. The van der Waals surface area contributed by atoms with Gasteiger partial charge in [-0.05, 0) is 56.5 Å². The summed E-state index contributed by atoms with van der Waals surface area (Å²) in [6.07, 6.45) is 2.04. The van der Waals surface area contributed by atoms with Crippen molar-refractivity contribution in [2.75, 3.05) is 18.1 Å². The van der Waals surface area contributed by atoms with Crippen molar-refractivity contribution in [2.24, 2.45) is 5.92 Å². The predicted molar refractivity (Wildman–Crippen MR) is 136 cm³/mol. The third kappa shape index (κ3) is 6.39. The van der Waals surface area contributed by atoms with Crippen LogP contribution in [0.2, 0.25) is 0 Å². The van der Waals surface area contributed by atoms with E-state index in [-0.39, 0.29) is 22.5 Å². The first-order chi connectivity index (χ1) is 17.1. The minimum atomic E-state index is -4.16. The maximum absolute atomic E-state index is 14.4. The number of aromatic amines is 1. The summed E-state index contributed by atoms with van der Waals surface area (Å²) in [5.41, 5.74) is 0.984. The molecular formula is C25H32FN5O4S. The van der Waals surface area contributed by atoms with Gasteiger partial charge in [-0.3, -0.25) is 9.89 Å². The maximum atomic E-state index is 14.4. The molecule has 0 spiro atoms. The number of halogens is 1. The number of carbonyl (C=O) groups is 1. The van der Waals surface area contributed by atoms with Crippen molar-refractivity contribution in [2.45, 2.75) is 52.1 Å². The third-order valence-corrected chi connectivity index (χ3v) is 6.86. The predicted octanol–water partition coefficient (Wildman–Crippen LogP) is 4.39. The van der Waals surface area contributed by atoms with Crippen LogP contribution in [-0.2, 0) is 10.0 Å². The van der Waals surface area contributed by atoms with Crippen LogP contribution in [-0.4, -0.2) is 48.7 Å². The Hall–Kier alpha value is -3.47. The smallest absolute Gasteiger partial charge is 0.281 e. The lowest BCUT2D eigenvalue weighted by Gasteiger charge is -2.30. The Morgan fingerprint density at radius 3 is 2.53 bits per heavy atom. The summed E-state index contributed by atoms with van der Waals surface area (Å²) in [5.74, 6) is -0.359. The molecule has 0 bridgehead atoms. The first kappa shape index (κ1) is 27.1. The van der Waals surface area contributed by atoms with E-state index in [4.69, 9.17) is 9.72 Å². The number of benzene rings is 1. The number of hydrogen-bond acceptors (Lipinski definition) is 7. The van der Waals surface area contributed by atoms with Gasteiger partial charge in [0.1, 0.15) is 17.4 Å². The average molecular weight is 518 g/mol. The van der Waals surface area contributed by atoms with Gasteiger partial charge in [-0.2, -0.15) is 13.5 Å². The highest BCUT2D eigenvalue weighted by molar-refractivity contribution is 7.90. The molecule has 0 aliphatic heterocycles. The van der Waals surface area contributed by atoms with Crippen molar-refractivity contribution in [3.05, 3.63) is 54.0 Å². The second-order valence-electron chi connectivity index (χ2n) is 8.85. The van der Waals surface area contributed by atoms with Crippen molar-refractivity contribution in [3.63, 3.8) is 0 Å². The molecule has 0 unspecified atom stereocenters. The van der Waals surface area contributed by atoms with E-state index in [1.54, 1.807) is 12.1 Å². The van der Waals surface area contributed by atoms with Crippen molar-refractivity contribution in [1.82, 2.24) is 19.9 Å². The molecule has 3 aromatic rings. The van der Waals surface area contributed by atoms with Crippen LogP contribution in [0.5, 0.6) is 5.75 Å². The number of ether oxygens (including phenoxy) is 1. The lowest BCUT2D eigenvalue weighted by molar-refractivity contribution is 0.0981. The molecule has 0 saturated heterocycles. The molecular weight excluding hydrogens is 485 g/mol. The monoisotopic (exact) mass is 517 g/mol. The zero-order valence-electron chi connectivity index (χ0n) is 21.1. The van der Waals surface area contributed by atoms with Gasteiger partial charge in [0.2, 0.25) is 0 Å². The number of nitrogens with zero attached hydrogens (tertiary/aromatic N) is 3. The number of carbonyl (C=O) groups excluding carboxylic acids is 1. The highest BCUT2D eigenvalue weighted by Gasteiger charge is 2.26. The van der Waals surface area contributed by atoms with Gasteiger partial charge in [0.05, 0.1) is 24.1 Å². The zero-order chi connectivity index (χ0) is 26.5. The molecule has 36 heavy (non-hydrogen) atoms. The number of pyridine rings is 1. The molecule has 11 heteroatoms. The Balaban J connectivity index is 2.06. The summed E-state index contributed by atoms with van der Waals surface area (Å²) >= 11 is 0. The summed E-state index contributed by atoms with van der Waals surface area (Å²) in [7, 11) is -4.16. The summed E-state index contributed by atoms with van der Waals surface area (Å²) in [6.45, 7) is 10.9. The van der Waals surface area contributed by atoms with E-state index in [2.05, 4.69) is 14.9 Å². The van der Waals surface area contributed by atoms with Gasteiger partial charge in [0, 0.05) is 24.2 Å². The lowest BCUT2D eigenvalue weighted by Crippen LogP contribution is -2.37. The molecule has 0 fully saturated rings. The molecule has 1 aromatic carbocycles. The molecule has 9 nitrogen and oxygen atoms in total. The van der Waals surface area contributed by atoms with E-state index in [9.17, 15) is 17.6 Å². The van der Waals surface area contributed by atoms with Crippen LogP contribution in [0.1, 0.15) is 51.4 Å². The van der Waals surface area contributed by atoms with Crippen molar-refractivity contribution in [1.29, 1.82) is 0 Å². The molecule has 194 valence electrons. The van der Waals surface area contributed by atoms with E-state index in [0.717, 1.165) is 6.42 Å². The molecule has 0 radical (unpaired) electrons. The van der Waals surface area contributed by atoms with Crippen LogP contribution in [0.15, 0.2) is 47.6 Å². The number of hydrogen-bond donors (Lipinski definition) is 2. The fourth-order valence-electron chi connectivity index (χ4n) is 3.58. The quantitative estimate of drug-likeness (QED) is 0.387. The number of rotatable bonds is 11. The van der Waals surface area contributed by atoms with Crippen molar-refractivity contribution < 1.29 is 22.3 Å². The second kappa shape index (κ2) is 11.5. The van der Waals surface area contributed by atoms with Crippen LogP contribution in [0, 0.1) is 11.7 Å². The number of aromatic nitrogens is 3. The van der Waals surface area contributed by atoms with Crippen molar-refractivity contribution >= 4 is 21.7 Å². The van der Waals surface area contributed by atoms with Crippen LogP contribution in [0.3, 0.4) is 0 Å². The van der Waals surface area contributed by atoms with Gasteiger partial charge in [0.15, 0.2) is 5.03 Å². The topological polar surface area (TPSA) is 117 Å². The van der Waals surface area contributed by atoms with E-state index < -0.39 is 21.7 Å². The first-order valence-corrected chi connectivity index (χ1v) is 13.3.